The third-order valence-corrected chi connectivity index (χ3v) is 4.13. The van der Waals surface area contributed by atoms with Gasteiger partial charge in [0.1, 0.15) is 0 Å². The quantitative estimate of drug-likeness (QED) is 0.447. The summed E-state index contributed by atoms with van der Waals surface area (Å²) in [7, 11) is 3.71. The molecule has 3 rings (SSSR count). The van der Waals surface area contributed by atoms with Crippen LogP contribution in [-0.2, 0) is 4.74 Å². The van der Waals surface area contributed by atoms with Crippen molar-refractivity contribution < 1.29 is 9.66 Å². The lowest BCUT2D eigenvalue weighted by molar-refractivity contribution is -0.384. The Labute approximate surface area is 162 Å². The first-order chi connectivity index (χ1) is 13.4. The minimum Gasteiger partial charge on any atom is -0.378 e. The molecule has 0 spiro atoms. The zero-order valence-electron chi connectivity index (χ0n) is 16.0. The van der Waals surface area contributed by atoms with Crippen molar-refractivity contribution in [1.29, 1.82) is 0 Å². The van der Waals surface area contributed by atoms with E-state index in [1.807, 2.05) is 19.0 Å². The Bertz CT molecular complexity index is 863. The summed E-state index contributed by atoms with van der Waals surface area (Å²) >= 11 is 0. The largest absolute Gasteiger partial charge is 0.378 e. The lowest BCUT2D eigenvalue weighted by Crippen LogP contribution is -2.37. The first-order valence-electron chi connectivity index (χ1n) is 8.75. The van der Waals surface area contributed by atoms with Crippen molar-refractivity contribution in [3.8, 4) is 0 Å². The molecular weight excluding hydrogens is 364 g/mol. The minimum atomic E-state index is -0.435. The molecule has 2 aromatic rings. The summed E-state index contributed by atoms with van der Waals surface area (Å²) < 4.78 is 5.38. The van der Waals surface area contributed by atoms with Crippen molar-refractivity contribution in [3.05, 3.63) is 39.9 Å². The van der Waals surface area contributed by atoms with Gasteiger partial charge in [-0.25, -0.2) is 5.43 Å². The lowest BCUT2D eigenvalue weighted by Gasteiger charge is -2.27. The highest BCUT2D eigenvalue weighted by molar-refractivity contribution is 5.99. The van der Waals surface area contributed by atoms with E-state index in [0.717, 1.165) is 5.56 Å². The van der Waals surface area contributed by atoms with Gasteiger partial charge in [-0.15, -0.1) is 0 Å². The zero-order valence-corrected chi connectivity index (χ0v) is 16.0. The normalized spacial score (nSPS) is 14.7. The Morgan fingerprint density at radius 2 is 1.89 bits per heavy atom. The van der Waals surface area contributed by atoms with Crippen LogP contribution in [0.4, 0.5) is 23.5 Å². The third-order valence-electron chi connectivity index (χ3n) is 4.13. The molecule has 1 N–H and O–H groups in total. The number of aromatic nitrogens is 3. The fourth-order valence-corrected chi connectivity index (χ4v) is 2.53. The summed E-state index contributed by atoms with van der Waals surface area (Å²) in [6.45, 7) is 4.47. The van der Waals surface area contributed by atoms with Crippen LogP contribution in [0.15, 0.2) is 29.4 Å². The molecule has 11 heteroatoms. The van der Waals surface area contributed by atoms with Crippen LogP contribution in [0.1, 0.15) is 12.5 Å². The number of morpholine rings is 1. The average molecular weight is 386 g/mol. The van der Waals surface area contributed by atoms with Gasteiger partial charge in [-0.1, -0.05) is 0 Å². The first kappa shape index (κ1) is 19.4. The van der Waals surface area contributed by atoms with E-state index >= 15 is 0 Å². The molecule has 148 valence electrons. The standard InChI is InChI=1S/C17H22N8O3/c1-12(13-4-6-14(7-5-13)25(26)27)21-22-15-18-16(23(2)3)20-17(19-15)24-8-10-28-11-9-24/h4-7H,8-11H2,1-3H3,(H,18,19,20,22)/b21-12-. The van der Waals surface area contributed by atoms with Crippen molar-refractivity contribution >= 4 is 29.2 Å². The van der Waals surface area contributed by atoms with Crippen molar-refractivity contribution in [2.75, 3.05) is 55.6 Å². The highest BCUT2D eigenvalue weighted by Gasteiger charge is 2.17. The molecule has 28 heavy (non-hydrogen) atoms. The lowest BCUT2D eigenvalue weighted by atomic mass is 10.1. The van der Waals surface area contributed by atoms with Gasteiger partial charge in [0.2, 0.25) is 17.8 Å². The fourth-order valence-electron chi connectivity index (χ4n) is 2.53. The van der Waals surface area contributed by atoms with E-state index < -0.39 is 4.92 Å². The highest BCUT2D eigenvalue weighted by atomic mass is 16.6. The number of nitrogens with zero attached hydrogens (tertiary/aromatic N) is 7. The number of non-ortho nitro benzene ring substituents is 1. The number of nitrogens with one attached hydrogen (secondary N) is 1. The molecule has 11 nitrogen and oxygen atoms in total. The molecule has 1 aromatic heterocycles. The second kappa shape index (κ2) is 8.57. The number of ether oxygens (including phenoxy) is 1. The topological polar surface area (TPSA) is 122 Å². The maximum atomic E-state index is 10.8. The minimum absolute atomic E-state index is 0.0350. The van der Waals surface area contributed by atoms with Gasteiger partial charge in [0.05, 0.1) is 23.8 Å². The van der Waals surface area contributed by atoms with Crippen LogP contribution in [0, 0.1) is 10.1 Å². The summed E-state index contributed by atoms with van der Waals surface area (Å²) in [4.78, 5) is 27.5. The van der Waals surface area contributed by atoms with E-state index in [-0.39, 0.29) is 5.69 Å². The van der Waals surface area contributed by atoms with Gasteiger partial charge >= 0.3 is 0 Å². The number of hydrazone groups is 1. The number of hydrogen-bond donors (Lipinski definition) is 1. The van der Waals surface area contributed by atoms with Crippen molar-refractivity contribution in [2.24, 2.45) is 5.10 Å². The zero-order chi connectivity index (χ0) is 20.1. The molecule has 1 aliphatic rings. The predicted molar refractivity (Wildman–Crippen MR) is 106 cm³/mol. The van der Waals surface area contributed by atoms with Crippen LogP contribution in [-0.4, -0.2) is 66.0 Å². The molecule has 0 saturated carbocycles. The van der Waals surface area contributed by atoms with Crippen LogP contribution < -0.4 is 15.2 Å². The second-order valence-electron chi connectivity index (χ2n) is 6.37. The molecule has 2 heterocycles. The molecule has 1 aromatic carbocycles. The molecule has 0 aliphatic carbocycles. The van der Waals surface area contributed by atoms with Crippen LogP contribution in [0.2, 0.25) is 0 Å². The Morgan fingerprint density at radius 3 is 2.50 bits per heavy atom. The van der Waals surface area contributed by atoms with Gasteiger partial charge in [0.15, 0.2) is 0 Å². The summed E-state index contributed by atoms with van der Waals surface area (Å²) in [5.41, 5.74) is 4.30. The van der Waals surface area contributed by atoms with Gasteiger partial charge in [0, 0.05) is 39.3 Å². The summed E-state index contributed by atoms with van der Waals surface area (Å²) in [6, 6.07) is 6.18. The average Bonchev–Trinajstić information content (AvgIpc) is 2.72. The number of hydrogen-bond acceptors (Lipinski definition) is 10. The Hall–Kier alpha value is -3.34. The highest BCUT2D eigenvalue weighted by Crippen LogP contribution is 2.17. The maximum Gasteiger partial charge on any atom is 0.269 e. The number of anilines is 3. The van der Waals surface area contributed by atoms with Gasteiger partial charge in [0.25, 0.3) is 5.69 Å². The number of benzene rings is 1. The molecule has 0 radical (unpaired) electrons. The van der Waals surface area contributed by atoms with E-state index in [4.69, 9.17) is 4.74 Å². The molecule has 1 fully saturated rings. The van der Waals surface area contributed by atoms with Gasteiger partial charge in [-0.05, 0) is 24.6 Å². The monoisotopic (exact) mass is 386 g/mol. The van der Waals surface area contributed by atoms with E-state index in [9.17, 15) is 10.1 Å². The molecule has 0 amide bonds. The van der Waals surface area contributed by atoms with Gasteiger partial charge in [-0.2, -0.15) is 20.1 Å². The number of rotatable bonds is 6. The van der Waals surface area contributed by atoms with E-state index in [1.165, 1.54) is 12.1 Å². The smallest absolute Gasteiger partial charge is 0.269 e. The van der Waals surface area contributed by atoms with Crippen LogP contribution in [0.5, 0.6) is 0 Å². The summed E-state index contributed by atoms with van der Waals surface area (Å²) in [5.74, 6) is 1.40. The second-order valence-corrected chi connectivity index (χ2v) is 6.37. The first-order valence-corrected chi connectivity index (χ1v) is 8.75. The van der Waals surface area contributed by atoms with Gasteiger partial charge < -0.3 is 14.5 Å². The Morgan fingerprint density at radius 1 is 1.21 bits per heavy atom. The van der Waals surface area contributed by atoms with Gasteiger partial charge in [-0.3, -0.25) is 10.1 Å². The molecular formula is C17H22N8O3. The third kappa shape index (κ3) is 4.68. The van der Waals surface area contributed by atoms with Crippen LogP contribution in [0.3, 0.4) is 0 Å². The number of nitro groups is 1. The number of nitro benzene ring substituents is 1. The summed E-state index contributed by atoms with van der Waals surface area (Å²) in [5, 5.41) is 15.1. The molecule has 1 aliphatic heterocycles. The van der Waals surface area contributed by atoms with Crippen LogP contribution >= 0.6 is 0 Å². The van der Waals surface area contributed by atoms with Crippen LogP contribution in [0.25, 0.3) is 0 Å². The van der Waals surface area contributed by atoms with Crippen molar-refractivity contribution in [3.63, 3.8) is 0 Å². The predicted octanol–water partition coefficient (Wildman–Crippen LogP) is 1.52. The van der Waals surface area contributed by atoms with E-state index in [0.29, 0.717) is 49.9 Å². The SMILES string of the molecule is C/C(=N/Nc1nc(N(C)C)nc(N2CCOCC2)n1)c1ccc([N+](=O)[O-])cc1. The van der Waals surface area contributed by atoms with Crippen molar-refractivity contribution in [2.45, 2.75) is 6.92 Å². The molecule has 0 atom stereocenters. The molecule has 0 bridgehead atoms. The Balaban J connectivity index is 1.80. The maximum absolute atomic E-state index is 10.8. The van der Waals surface area contributed by atoms with Crippen molar-refractivity contribution in [1.82, 2.24) is 15.0 Å². The molecule has 0 unspecified atom stereocenters. The molecule has 1 saturated heterocycles. The van der Waals surface area contributed by atoms with E-state index in [2.05, 4.69) is 25.5 Å². The summed E-state index contributed by atoms with van der Waals surface area (Å²) in [6.07, 6.45) is 0. The van der Waals surface area contributed by atoms with E-state index in [1.54, 1.807) is 24.0 Å². The fraction of sp³-hybridized carbons (Fsp3) is 0.412. The Kier molecular flexibility index (Phi) is 5.94.